The molecule has 26 heavy (non-hydrogen) atoms. The summed E-state index contributed by atoms with van der Waals surface area (Å²) in [6, 6.07) is 10.0. The highest BCUT2D eigenvalue weighted by Crippen LogP contribution is 2.28. The van der Waals surface area contributed by atoms with Crippen molar-refractivity contribution in [3.05, 3.63) is 53.9 Å². The van der Waals surface area contributed by atoms with Gasteiger partial charge in [-0.1, -0.05) is 6.07 Å². The van der Waals surface area contributed by atoms with E-state index in [0.717, 1.165) is 30.2 Å². The van der Waals surface area contributed by atoms with Crippen LogP contribution in [0.25, 0.3) is 0 Å². The topological polar surface area (TPSA) is 46.6 Å². The van der Waals surface area contributed by atoms with Crippen LogP contribution in [0, 0.1) is 0 Å². The summed E-state index contributed by atoms with van der Waals surface area (Å²) in [4.78, 5) is 6.57. The largest absolute Gasteiger partial charge is 0.493 e. The van der Waals surface area contributed by atoms with Gasteiger partial charge in [-0.2, -0.15) is 0 Å². The zero-order chi connectivity index (χ0) is 18.0. The van der Waals surface area contributed by atoms with Crippen LogP contribution in [0.3, 0.4) is 0 Å². The molecule has 1 aliphatic heterocycles. The van der Waals surface area contributed by atoms with Gasteiger partial charge >= 0.3 is 0 Å². The fourth-order valence-corrected chi connectivity index (χ4v) is 3.25. The Balaban J connectivity index is 1.43. The second-order valence-corrected chi connectivity index (χ2v) is 6.71. The SMILES string of the molecule is COc1cc(CNCCCN2CCCC2)ccc1OCc1ccncc1. The molecule has 5 heteroatoms. The smallest absolute Gasteiger partial charge is 0.161 e. The molecule has 0 saturated carbocycles. The van der Waals surface area contributed by atoms with Gasteiger partial charge in [0.2, 0.25) is 0 Å². The Morgan fingerprint density at radius 1 is 1.04 bits per heavy atom. The summed E-state index contributed by atoms with van der Waals surface area (Å²) in [6.45, 7) is 6.15. The lowest BCUT2D eigenvalue weighted by Crippen LogP contribution is -2.24. The molecule has 1 aromatic carbocycles. The number of methoxy groups -OCH3 is 1. The van der Waals surface area contributed by atoms with Gasteiger partial charge in [0.05, 0.1) is 7.11 Å². The van der Waals surface area contributed by atoms with E-state index in [0.29, 0.717) is 6.61 Å². The summed E-state index contributed by atoms with van der Waals surface area (Å²) < 4.78 is 11.4. The normalized spacial score (nSPS) is 14.5. The average molecular weight is 355 g/mol. The molecule has 0 radical (unpaired) electrons. The molecule has 0 amide bonds. The van der Waals surface area contributed by atoms with Crippen molar-refractivity contribution in [2.75, 3.05) is 33.3 Å². The standard InChI is InChI=1S/C21H29N3O2/c1-25-21-15-19(16-23-9-4-14-24-12-2-3-13-24)5-6-20(21)26-17-18-7-10-22-11-8-18/h5-8,10-11,15,23H,2-4,9,12-14,16-17H2,1H3. The van der Waals surface area contributed by atoms with E-state index >= 15 is 0 Å². The van der Waals surface area contributed by atoms with Crippen LogP contribution in [0.2, 0.25) is 0 Å². The van der Waals surface area contributed by atoms with Gasteiger partial charge in [0.1, 0.15) is 6.61 Å². The van der Waals surface area contributed by atoms with Crippen LogP contribution in [-0.4, -0.2) is 43.2 Å². The summed E-state index contributed by atoms with van der Waals surface area (Å²) in [5, 5.41) is 3.52. The maximum atomic E-state index is 5.89. The number of likely N-dealkylation sites (tertiary alicyclic amines) is 1. The fourth-order valence-electron chi connectivity index (χ4n) is 3.25. The number of ether oxygens (including phenoxy) is 2. The van der Waals surface area contributed by atoms with Gasteiger partial charge in [-0.25, -0.2) is 0 Å². The molecular formula is C21H29N3O2. The Morgan fingerprint density at radius 3 is 2.62 bits per heavy atom. The maximum Gasteiger partial charge on any atom is 0.161 e. The number of aromatic nitrogens is 1. The predicted octanol–water partition coefficient (Wildman–Crippen LogP) is 3.24. The third-order valence-corrected chi connectivity index (χ3v) is 4.73. The van der Waals surface area contributed by atoms with E-state index in [1.165, 1.54) is 44.5 Å². The molecule has 2 aromatic rings. The number of hydrogen-bond donors (Lipinski definition) is 1. The van der Waals surface area contributed by atoms with Crippen molar-refractivity contribution in [3.8, 4) is 11.5 Å². The van der Waals surface area contributed by atoms with E-state index in [2.05, 4.69) is 27.3 Å². The Bertz CT molecular complexity index is 658. The maximum absolute atomic E-state index is 5.89. The van der Waals surface area contributed by atoms with E-state index in [1.807, 2.05) is 18.2 Å². The van der Waals surface area contributed by atoms with Crippen molar-refractivity contribution >= 4 is 0 Å². The molecule has 0 bridgehead atoms. The molecule has 140 valence electrons. The first-order chi connectivity index (χ1) is 12.8. The number of rotatable bonds is 10. The number of nitrogens with one attached hydrogen (secondary N) is 1. The highest BCUT2D eigenvalue weighted by Gasteiger charge is 2.10. The third kappa shape index (κ3) is 5.71. The first kappa shape index (κ1) is 18.7. The van der Waals surface area contributed by atoms with E-state index in [-0.39, 0.29) is 0 Å². The molecule has 0 atom stereocenters. The molecule has 0 aliphatic carbocycles. The predicted molar refractivity (Wildman–Crippen MR) is 104 cm³/mol. The summed E-state index contributed by atoms with van der Waals surface area (Å²) in [6.07, 6.45) is 7.47. The molecule has 1 N–H and O–H groups in total. The van der Waals surface area contributed by atoms with E-state index in [1.54, 1.807) is 19.5 Å². The Morgan fingerprint density at radius 2 is 1.85 bits per heavy atom. The van der Waals surface area contributed by atoms with Gasteiger partial charge in [0, 0.05) is 18.9 Å². The monoisotopic (exact) mass is 355 g/mol. The van der Waals surface area contributed by atoms with E-state index < -0.39 is 0 Å². The molecular weight excluding hydrogens is 326 g/mol. The second-order valence-electron chi connectivity index (χ2n) is 6.71. The minimum Gasteiger partial charge on any atom is -0.493 e. The minimum absolute atomic E-state index is 0.507. The van der Waals surface area contributed by atoms with Crippen LogP contribution in [0.5, 0.6) is 11.5 Å². The molecule has 0 unspecified atom stereocenters. The zero-order valence-corrected chi connectivity index (χ0v) is 15.6. The molecule has 1 aromatic heterocycles. The molecule has 2 heterocycles. The Hall–Kier alpha value is -2.11. The lowest BCUT2D eigenvalue weighted by atomic mass is 10.2. The van der Waals surface area contributed by atoms with Crippen molar-refractivity contribution in [2.24, 2.45) is 0 Å². The van der Waals surface area contributed by atoms with Gasteiger partial charge in [-0.3, -0.25) is 4.98 Å². The quantitative estimate of drug-likeness (QED) is 0.663. The zero-order valence-electron chi connectivity index (χ0n) is 15.6. The summed E-state index contributed by atoms with van der Waals surface area (Å²) >= 11 is 0. The minimum atomic E-state index is 0.507. The van der Waals surface area contributed by atoms with Crippen LogP contribution >= 0.6 is 0 Å². The van der Waals surface area contributed by atoms with Crippen LogP contribution in [0.15, 0.2) is 42.7 Å². The number of pyridine rings is 1. The number of hydrogen-bond acceptors (Lipinski definition) is 5. The average Bonchev–Trinajstić information content (AvgIpc) is 3.21. The molecule has 1 fully saturated rings. The summed E-state index contributed by atoms with van der Waals surface area (Å²) in [5.41, 5.74) is 2.30. The Kier molecular flexibility index (Phi) is 7.28. The van der Waals surface area contributed by atoms with Crippen LogP contribution in [0.4, 0.5) is 0 Å². The Labute approximate surface area is 156 Å². The van der Waals surface area contributed by atoms with Gasteiger partial charge in [0.15, 0.2) is 11.5 Å². The summed E-state index contributed by atoms with van der Waals surface area (Å²) in [7, 11) is 1.68. The van der Waals surface area contributed by atoms with Crippen LogP contribution in [0.1, 0.15) is 30.4 Å². The molecule has 1 saturated heterocycles. The van der Waals surface area contributed by atoms with Crippen LogP contribution < -0.4 is 14.8 Å². The highest BCUT2D eigenvalue weighted by atomic mass is 16.5. The van der Waals surface area contributed by atoms with Crippen molar-refractivity contribution in [1.29, 1.82) is 0 Å². The molecule has 3 rings (SSSR count). The lowest BCUT2D eigenvalue weighted by Gasteiger charge is -2.15. The number of nitrogens with zero attached hydrogens (tertiary/aromatic N) is 2. The van der Waals surface area contributed by atoms with Crippen molar-refractivity contribution in [3.63, 3.8) is 0 Å². The highest BCUT2D eigenvalue weighted by molar-refractivity contribution is 5.43. The van der Waals surface area contributed by atoms with Gasteiger partial charge in [0.25, 0.3) is 0 Å². The van der Waals surface area contributed by atoms with E-state index in [9.17, 15) is 0 Å². The number of benzene rings is 1. The summed E-state index contributed by atoms with van der Waals surface area (Å²) in [5.74, 6) is 1.54. The molecule has 1 aliphatic rings. The third-order valence-electron chi connectivity index (χ3n) is 4.73. The lowest BCUT2D eigenvalue weighted by molar-refractivity contribution is 0.284. The van der Waals surface area contributed by atoms with Gasteiger partial charge in [-0.05, 0) is 80.8 Å². The molecule has 5 nitrogen and oxygen atoms in total. The second kappa shape index (κ2) is 10.1. The fraction of sp³-hybridized carbons (Fsp3) is 0.476. The van der Waals surface area contributed by atoms with E-state index in [4.69, 9.17) is 9.47 Å². The van der Waals surface area contributed by atoms with Gasteiger partial charge in [-0.15, -0.1) is 0 Å². The first-order valence-electron chi connectivity index (χ1n) is 9.47. The molecule has 0 spiro atoms. The van der Waals surface area contributed by atoms with Crippen molar-refractivity contribution in [2.45, 2.75) is 32.4 Å². The van der Waals surface area contributed by atoms with Crippen LogP contribution in [-0.2, 0) is 13.2 Å². The van der Waals surface area contributed by atoms with Crippen molar-refractivity contribution in [1.82, 2.24) is 15.2 Å². The van der Waals surface area contributed by atoms with Gasteiger partial charge < -0.3 is 19.7 Å². The van der Waals surface area contributed by atoms with Crippen molar-refractivity contribution < 1.29 is 9.47 Å². The first-order valence-corrected chi connectivity index (χ1v) is 9.47.